The van der Waals surface area contributed by atoms with E-state index in [0.717, 1.165) is 25.1 Å². The standard InChI is InChI=1S/C15H19N3O/c1-10(9-16)6-14-17-15(18-19-14)13-7-11-4-2-3-5-12(11)8-13/h2-5,10,13H,6-9,16H2,1H3. The molecule has 19 heavy (non-hydrogen) atoms. The molecule has 1 heterocycles. The van der Waals surface area contributed by atoms with E-state index in [1.807, 2.05) is 0 Å². The first-order chi connectivity index (χ1) is 9.26. The lowest BCUT2D eigenvalue weighted by Gasteiger charge is -2.03. The van der Waals surface area contributed by atoms with Crippen LogP contribution in [0, 0.1) is 5.92 Å². The van der Waals surface area contributed by atoms with Crippen LogP contribution in [0.25, 0.3) is 0 Å². The van der Waals surface area contributed by atoms with Gasteiger partial charge in [-0.2, -0.15) is 4.98 Å². The molecule has 1 aromatic heterocycles. The Morgan fingerprint density at radius 1 is 1.32 bits per heavy atom. The third kappa shape index (κ3) is 2.54. The second kappa shape index (κ2) is 5.13. The van der Waals surface area contributed by atoms with Crippen LogP contribution in [-0.4, -0.2) is 16.7 Å². The summed E-state index contributed by atoms with van der Waals surface area (Å²) in [6.07, 6.45) is 2.80. The van der Waals surface area contributed by atoms with E-state index < -0.39 is 0 Å². The summed E-state index contributed by atoms with van der Waals surface area (Å²) in [5.41, 5.74) is 8.44. The minimum atomic E-state index is 0.364. The minimum absolute atomic E-state index is 0.364. The minimum Gasteiger partial charge on any atom is -0.339 e. The molecule has 1 aliphatic carbocycles. The van der Waals surface area contributed by atoms with Gasteiger partial charge in [0.25, 0.3) is 0 Å². The zero-order valence-electron chi connectivity index (χ0n) is 11.2. The molecule has 4 heteroatoms. The number of fused-ring (bicyclic) bond motifs is 1. The highest BCUT2D eigenvalue weighted by Gasteiger charge is 2.26. The van der Waals surface area contributed by atoms with Crippen molar-refractivity contribution >= 4 is 0 Å². The van der Waals surface area contributed by atoms with E-state index >= 15 is 0 Å². The van der Waals surface area contributed by atoms with Crippen LogP contribution in [0.5, 0.6) is 0 Å². The molecule has 0 amide bonds. The molecule has 2 aromatic rings. The van der Waals surface area contributed by atoms with E-state index in [1.165, 1.54) is 11.1 Å². The normalized spacial score (nSPS) is 16.5. The van der Waals surface area contributed by atoms with Crippen molar-refractivity contribution in [3.8, 4) is 0 Å². The fourth-order valence-electron chi connectivity index (χ4n) is 2.64. The maximum Gasteiger partial charge on any atom is 0.226 e. The highest BCUT2D eigenvalue weighted by molar-refractivity contribution is 5.34. The Hall–Kier alpha value is -1.68. The highest BCUT2D eigenvalue weighted by atomic mass is 16.5. The number of nitrogens with two attached hydrogens (primary N) is 1. The highest BCUT2D eigenvalue weighted by Crippen LogP contribution is 2.32. The van der Waals surface area contributed by atoms with Crippen molar-refractivity contribution in [3.63, 3.8) is 0 Å². The quantitative estimate of drug-likeness (QED) is 0.910. The predicted octanol–water partition coefficient (Wildman–Crippen LogP) is 2.09. The van der Waals surface area contributed by atoms with Crippen molar-refractivity contribution in [2.24, 2.45) is 11.7 Å². The smallest absolute Gasteiger partial charge is 0.226 e. The van der Waals surface area contributed by atoms with Gasteiger partial charge in [-0.25, -0.2) is 0 Å². The van der Waals surface area contributed by atoms with Gasteiger partial charge in [0.1, 0.15) is 0 Å². The van der Waals surface area contributed by atoms with Crippen LogP contribution in [0.1, 0.15) is 35.7 Å². The number of rotatable bonds is 4. The summed E-state index contributed by atoms with van der Waals surface area (Å²) in [6, 6.07) is 8.55. The molecule has 4 nitrogen and oxygen atoms in total. The van der Waals surface area contributed by atoms with Crippen LogP contribution in [0.3, 0.4) is 0 Å². The molecule has 0 aliphatic heterocycles. The molecular weight excluding hydrogens is 238 g/mol. The maximum atomic E-state index is 5.62. The lowest BCUT2D eigenvalue weighted by atomic mass is 10.1. The molecule has 1 aromatic carbocycles. The SMILES string of the molecule is CC(CN)Cc1nc(C2Cc3ccccc3C2)no1. The van der Waals surface area contributed by atoms with Crippen molar-refractivity contribution in [3.05, 3.63) is 47.1 Å². The molecule has 0 bridgehead atoms. The van der Waals surface area contributed by atoms with Gasteiger partial charge in [0, 0.05) is 12.3 Å². The fourth-order valence-corrected chi connectivity index (χ4v) is 2.64. The van der Waals surface area contributed by atoms with Gasteiger partial charge in [-0.3, -0.25) is 0 Å². The Kier molecular flexibility index (Phi) is 3.34. The molecule has 100 valence electrons. The summed E-state index contributed by atoms with van der Waals surface area (Å²) in [4.78, 5) is 4.53. The Bertz CT molecular complexity index is 539. The van der Waals surface area contributed by atoms with E-state index in [2.05, 4.69) is 41.3 Å². The molecule has 1 aliphatic rings. The lowest BCUT2D eigenvalue weighted by Crippen LogP contribution is -2.13. The van der Waals surface area contributed by atoms with Crippen molar-refractivity contribution in [1.82, 2.24) is 10.1 Å². The van der Waals surface area contributed by atoms with Gasteiger partial charge < -0.3 is 10.3 Å². The van der Waals surface area contributed by atoms with E-state index in [1.54, 1.807) is 0 Å². The molecule has 3 rings (SSSR count). The first kappa shape index (κ1) is 12.4. The van der Waals surface area contributed by atoms with Crippen LogP contribution in [-0.2, 0) is 19.3 Å². The van der Waals surface area contributed by atoms with Gasteiger partial charge in [-0.05, 0) is 36.4 Å². The van der Waals surface area contributed by atoms with Crippen LogP contribution in [0.15, 0.2) is 28.8 Å². The van der Waals surface area contributed by atoms with Crippen LogP contribution in [0.4, 0.5) is 0 Å². The van der Waals surface area contributed by atoms with Gasteiger partial charge in [-0.15, -0.1) is 0 Å². The fraction of sp³-hybridized carbons (Fsp3) is 0.467. The topological polar surface area (TPSA) is 64.9 Å². The lowest BCUT2D eigenvalue weighted by molar-refractivity contribution is 0.353. The Labute approximate surface area is 113 Å². The van der Waals surface area contributed by atoms with Crippen LogP contribution < -0.4 is 5.73 Å². The van der Waals surface area contributed by atoms with Gasteiger partial charge in [-0.1, -0.05) is 36.3 Å². The van der Waals surface area contributed by atoms with Gasteiger partial charge in [0.2, 0.25) is 5.89 Å². The summed E-state index contributed by atoms with van der Waals surface area (Å²) >= 11 is 0. The largest absolute Gasteiger partial charge is 0.339 e. The number of hydrogen-bond donors (Lipinski definition) is 1. The third-order valence-electron chi connectivity index (χ3n) is 3.83. The Balaban J connectivity index is 1.72. The van der Waals surface area contributed by atoms with Crippen molar-refractivity contribution in [2.45, 2.75) is 32.1 Å². The molecule has 1 unspecified atom stereocenters. The van der Waals surface area contributed by atoms with E-state index in [4.69, 9.17) is 10.3 Å². The molecule has 2 N–H and O–H groups in total. The summed E-state index contributed by atoms with van der Waals surface area (Å²) in [7, 11) is 0. The van der Waals surface area contributed by atoms with Crippen LogP contribution >= 0.6 is 0 Å². The average Bonchev–Trinajstić information content (AvgIpc) is 3.04. The first-order valence-electron chi connectivity index (χ1n) is 6.85. The second-order valence-electron chi connectivity index (χ2n) is 5.47. The maximum absolute atomic E-state index is 5.62. The predicted molar refractivity (Wildman–Crippen MR) is 72.8 cm³/mol. The first-order valence-corrected chi connectivity index (χ1v) is 6.85. The third-order valence-corrected chi connectivity index (χ3v) is 3.83. The molecular formula is C15H19N3O. The molecule has 0 fully saturated rings. The number of hydrogen-bond acceptors (Lipinski definition) is 4. The molecule has 0 saturated carbocycles. The summed E-state index contributed by atoms with van der Waals surface area (Å²) in [5.74, 6) is 2.30. The molecule has 0 radical (unpaired) electrons. The van der Waals surface area contributed by atoms with Gasteiger partial charge >= 0.3 is 0 Å². The number of aromatic nitrogens is 2. The summed E-state index contributed by atoms with van der Waals surface area (Å²) < 4.78 is 5.33. The van der Waals surface area contributed by atoms with Crippen molar-refractivity contribution in [2.75, 3.05) is 6.54 Å². The van der Waals surface area contributed by atoms with Gasteiger partial charge in [0.15, 0.2) is 5.82 Å². The van der Waals surface area contributed by atoms with E-state index in [9.17, 15) is 0 Å². The molecule has 1 atom stereocenters. The second-order valence-corrected chi connectivity index (χ2v) is 5.47. The zero-order chi connectivity index (χ0) is 13.2. The van der Waals surface area contributed by atoms with Crippen molar-refractivity contribution in [1.29, 1.82) is 0 Å². The zero-order valence-corrected chi connectivity index (χ0v) is 11.2. The average molecular weight is 257 g/mol. The van der Waals surface area contributed by atoms with Crippen molar-refractivity contribution < 1.29 is 4.52 Å². The Morgan fingerprint density at radius 2 is 2.00 bits per heavy atom. The Morgan fingerprint density at radius 3 is 2.63 bits per heavy atom. The van der Waals surface area contributed by atoms with E-state index in [0.29, 0.717) is 24.3 Å². The number of nitrogens with zero attached hydrogens (tertiary/aromatic N) is 2. The van der Waals surface area contributed by atoms with Gasteiger partial charge in [0.05, 0.1) is 0 Å². The summed E-state index contributed by atoms with van der Waals surface area (Å²) in [6.45, 7) is 2.74. The van der Waals surface area contributed by atoms with Crippen LogP contribution in [0.2, 0.25) is 0 Å². The molecule has 0 saturated heterocycles. The summed E-state index contributed by atoms with van der Waals surface area (Å²) in [5, 5.41) is 4.14. The number of benzene rings is 1. The monoisotopic (exact) mass is 257 g/mol. The van der Waals surface area contributed by atoms with E-state index in [-0.39, 0.29) is 0 Å². The molecule has 0 spiro atoms.